The van der Waals surface area contributed by atoms with Crippen molar-refractivity contribution < 1.29 is 9.47 Å². The van der Waals surface area contributed by atoms with Crippen molar-refractivity contribution in [3.05, 3.63) is 48.2 Å². The molecule has 0 spiro atoms. The molecule has 0 aliphatic rings. The molecule has 1 heterocycles. The number of ether oxygens (including phenoxy) is 2. The van der Waals surface area contributed by atoms with Crippen molar-refractivity contribution in [2.45, 2.75) is 11.8 Å². The Balaban J connectivity index is 2.25. The molecule has 0 saturated heterocycles. The van der Waals surface area contributed by atoms with Crippen LogP contribution in [0.5, 0.6) is 11.5 Å². The SMILES string of the molecule is C=CCSc1nc(N)c(C#N)c(COc2ccccc2OC)n1. The number of benzene rings is 1. The maximum atomic E-state index is 9.25. The van der Waals surface area contributed by atoms with Crippen LogP contribution >= 0.6 is 11.8 Å². The molecule has 2 rings (SSSR count). The summed E-state index contributed by atoms with van der Waals surface area (Å²) in [5.41, 5.74) is 6.50. The van der Waals surface area contributed by atoms with Crippen molar-refractivity contribution >= 4 is 17.6 Å². The number of aromatic nitrogens is 2. The fraction of sp³-hybridized carbons (Fsp3) is 0.188. The minimum absolute atomic E-state index is 0.0949. The maximum absolute atomic E-state index is 9.25. The van der Waals surface area contributed by atoms with Gasteiger partial charge < -0.3 is 15.2 Å². The van der Waals surface area contributed by atoms with Gasteiger partial charge in [-0.1, -0.05) is 30.0 Å². The van der Waals surface area contributed by atoms with Gasteiger partial charge >= 0.3 is 0 Å². The molecule has 7 heteroatoms. The number of methoxy groups -OCH3 is 1. The van der Waals surface area contributed by atoms with Crippen LogP contribution in [0.3, 0.4) is 0 Å². The average Bonchev–Trinajstić information content (AvgIpc) is 2.58. The first-order chi connectivity index (χ1) is 11.2. The number of hydrogen-bond acceptors (Lipinski definition) is 7. The molecule has 0 fully saturated rings. The first kappa shape index (κ1) is 16.6. The summed E-state index contributed by atoms with van der Waals surface area (Å²) < 4.78 is 10.9. The van der Waals surface area contributed by atoms with Crippen LogP contribution in [0.4, 0.5) is 5.82 Å². The number of rotatable bonds is 7. The minimum atomic E-state index is 0.0949. The van der Waals surface area contributed by atoms with Crippen molar-refractivity contribution in [2.75, 3.05) is 18.6 Å². The van der Waals surface area contributed by atoms with Crippen LogP contribution < -0.4 is 15.2 Å². The van der Waals surface area contributed by atoms with E-state index < -0.39 is 0 Å². The lowest BCUT2D eigenvalue weighted by Gasteiger charge is -2.12. The minimum Gasteiger partial charge on any atom is -0.493 e. The molecule has 0 unspecified atom stereocenters. The van der Waals surface area contributed by atoms with Crippen LogP contribution in [0.2, 0.25) is 0 Å². The Bertz CT molecular complexity index is 743. The Hall–Kier alpha value is -2.72. The Kier molecular flexibility index (Phi) is 5.83. The number of nitrogens with two attached hydrogens (primary N) is 1. The third-order valence-electron chi connectivity index (χ3n) is 2.87. The molecule has 0 aliphatic heterocycles. The Morgan fingerprint density at radius 3 is 2.74 bits per heavy atom. The molecule has 1 aromatic heterocycles. The summed E-state index contributed by atoms with van der Waals surface area (Å²) in [4.78, 5) is 8.46. The van der Waals surface area contributed by atoms with Gasteiger partial charge in [0.15, 0.2) is 16.7 Å². The summed E-state index contributed by atoms with van der Waals surface area (Å²) in [5, 5.41) is 9.74. The first-order valence-electron chi connectivity index (χ1n) is 6.75. The van der Waals surface area contributed by atoms with Crippen molar-refractivity contribution in [1.29, 1.82) is 5.26 Å². The van der Waals surface area contributed by atoms with E-state index in [1.807, 2.05) is 18.2 Å². The van der Waals surface area contributed by atoms with E-state index in [0.29, 0.717) is 28.1 Å². The van der Waals surface area contributed by atoms with Gasteiger partial charge in [-0.2, -0.15) is 5.26 Å². The van der Waals surface area contributed by atoms with Gasteiger partial charge in [-0.3, -0.25) is 0 Å². The molecule has 6 nitrogen and oxygen atoms in total. The highest BCUT2D eigenvalue weighted by Gasteiger charge is 2.14. The van der Waals surface area contributed by atoms with Gasteiger partial charge in [0.2, 0.25) is 0 Å². The number of nitrogens with zero attached hydrogens (tertiary/aromatic N) is 3. The first-order valence-corrected chi connectivity index (χ1v) is 7.74. The molecular weight excluding hydrogens is 312 g/mol. The summed E-state index contributed by atoms with van der Waals surface area (Å²) in [5.74, 6) is 1.97. The van der Waals surface area contributed by atoms with Gasteiger partial charge in [-0.25, -0.2) is 9.97 Å². The molecule has 1 aromatic carbocycles. The van der Waals surface area contributed by atoms with Crippen molar-refractivity contribution in [3.63, 3.8) is 0 Å². The molecule has 0 saturated carbocycles. The zero-order chi connectivity index (χ0) is 16.7. The molecule has 2 N–H and O–H groups in total. The van der Waals surface area contributed by atoms with Crippen LogP contribution in [-0.2, 0) is 6.61 Å². The summed E-state index contributed by atoms with van der Waals surface area (Å²) in [7, 11) is 1.57. The second kappa shape index (κ2) is 8.06. The number of nitriles is 1. The maximum Gasteiger partial charge on any atom is 0.190 e. The van der Waals surface area contributed by atoms with Gasteiger partial charge in [0.1, 0.15) is 29.8 Å². The topological polar surface area (TPSA) is 94.0 Å². The lowest BCUT2D eigenvalue weighted by molar-refractivity contribution is 0.279. The quantitative estimate of drug-likeness (QED) is 0.474. The van der Waals surface area contributed by atoms with E-state index in [4.69, 9.17) is 15.2 Å². The third-order valence-corrected chi connectivity index (χ3v) is 3.71. The second-order valence-corrected chi connectivity index (χ2v) is 5.35. The lowest BCUT2D eigenvalue weighted by atomic mass is 10.2. The fourth-order valence-corrected chi connectivity index (χ4v) is 2.42. The monoisotopic (exact) mass is 328 g/mol. The smallest absolute Gasteiger partial charge is 0.190 e. The van der Waals surface area contributed by atoms with Gasteiger partial charge in [-0.15, -0.1) is 6.58 Å². The highest BCUT2D eigenvalue weighted by atomic mass is 32.2. The van der Waals surface area contributed by atoms with Crippen LogP contribution in [-0.4, -0.2) is 22.8 Å². The van der Waals surface area contributed by atoms with Gasteiger partial charge in [-0.05, 0) is 12.1 Å². The molecule has 0 aliphatic carbocycles. The zero-order valence-corrected chi connectivity index (χ0v) is 13.5. The van der Waals surface area contributed by atoms with E-state index in [-0.39, 0.29) is 18.0 Å². The van der Waals surface area contributed by atoms with E-state index >= 15 is 0 Å². The van der Waals surface area contributed by atoms with Crippen LogP contribution in [0.1, 0.15) is 11.3 Å². The summed E-state index contributed by atoms with van der Waals surface area (Å²) in [6, 6.07) is 9.28. The molecule has 2 aromatic rings. The molecule has 23 heavy (non-hydrogen) atoms. The highest BCUT2D eigenvalue weighted by Crippen LogP contribution is 2.27. The molecule has 0 radical (unpaired) electrons. The standard InChI is InChI=1S/C16H16N4O2S/c1-3-8-23-16-19-12(11(9-17)15(18)20-16)10-22-14-7-5-4-6-13(14)21-2/h3-7H,1,8,10H2,2H3,(H2,18,19,20). The largest absolute Gasteiger partial charge is 0.493 e. The van der Waals surface area contributed by atoms with Gasteiger partial charge in [0, 0.05) is 5.75 Å². The average molecular weight is 328 g/mol. The van der Waals surface area contributed by atoms with Gasteiger partial charge in [0.05, 0.1) is 7.11 Å². The predicted molar refractivity (Wildman–Crippen MR) is 89.4 cm³/mol. The predicted octanol–water partition coefficient (Wildman–Crippen LogP) is 2.80. The van der Waals surface area contributed by atoms with Crippen LogP contribution in [0.25, 0.3) is 0 Å². The number of para-hydroxylation sites is 2. The van der Waals surface area contributed by atoms with Crippen molar-refractivity contribution in [3.8, 4) is 17.6 Å². The summed E-state index contributed by atoms with van der Waals surface area (Å²) >= 11 is 1.39. The van der Waals surface area contributed by atoms with E-state index in [1.165, 1.54) is 11.8 Å². The van der Waals surface area contributed by atoms with E-state index in [0.717, 1.165) is 0 Å². The van der Waals surface area contributed by atoms with Crippen LogP contribution in [0.15, 0.2) is 42.1 Å². The van der Waals surface area contributed by atoms with Crippen molar-refractivity contribution in [1.82, 2.24) is 9.97 Å². The molecule has 0 atom stereocenters. The normalized spacial score (nSPS) is 9.91. The number of hydrogen-bond donors (Lipinski definition) is 1. The van der Waals surface area contributed by atoms with Gasteiger partial charge in [0.25, 0.3) is 0 Å². The van der Waals surface area contributed by atoms with Crippen LogP contribution in [0, 0.1) is 11.3 Å². The lowest BCUT2D eigenvalue weighted by Crippen LogP contribution is -2.08. The number of anilines is 1. The fourth-order valence-electron chi connectivity index (χ4n) is 1.81. The number of thioether (sulfide) groups is 1. The molecule has 0 amide bonds. The summed E-state index contributed by atoms with van der Waals surface area (Å²) in [6.45, 7) is 3.75. The van der Waals surface area contributed by atoms with E-state index in [2.05, 4.69) is 16.5 Å². The molecular formula is C16H16N4O2S. The van der Waals surface area contributed by atoms with E-state index in [1.54, 1.807) is 25.3 Å². The van der Waals surface area contributed by atoms with Crippen molar-refractivity contribution in [2.24, 2.45) is 0 Å². The van der Waals surface area contributed by atoms with E-state index in [9.17, 15) is 5.26 Å². The highest BCUT2D eigenvalue weighted by molar-refractivity contribution is 7.99. The third kappa shape index (κ3) is 4.14. The summed E-state index contributed by atoms with van der Waals surface area (Å²) in [6.07, 6.45) is 1.74. The Morgan fingerprint density at radius 2 is 2.09 bits per heavy atom. The molecule has 0 bridgehead atoms. The second-order valence-electron chi connectivity index (χ2n) is 4.36. The molecule has 118 valence electrons. The Morgan fingerprint density at radius 1 is 1.35 bits per heavy atom. The Labute approximate surface area is 139 Å². The number of nitrogen functional groups attached to an aromatic ring is 1. The zero-order valence-electron chi connectivity index (χ0n) is 12.7.